The van der Waals surface area contributed by atoms with Gasteiger partial charge in [-0.05, 0) is 12.8 Å². The number of aliphatic hydroxyl groups excluding tert-OH is 1. The number of aliphatic hydroxyl groups is 1. The molecule has 1 aliphatic carbocycles. The number of carboxylic acid groups (broad SMARTS) is 1. The summed E-state index contributed by atoms with van der Waals surface area (Å²) in [6.07, 6.45) is 5.92. The van der Waals surface area contributed by atoms with Gasteiger partial charge in [0.05, 0.1) is 6.10 Å². The van der Waals surface area contributed by atoms with Gasteiger partial charge in [-0.15, -0.1) is 0 Å². The fourth-order valence-corrected chi connectivity index (χ4v) is 2.95. The van der Waals surface area contributed by atoms with Gasteiger partial charge in [-0.3, -0.25) is 0 Å². The number of nitrogens with one attached hydrogen (secondary N) is 1. The highest BCUT2D eigenvalue weighted by Crippen LogP contribution is 2.21. The van der Waals surface area contributed by atoms with Crippen molar-refractivity contribution in [2.75, 3.05) is 6.54 Å². The fourth-order valence-electron chi connectivity index (χ4n) is 2.95. The van der Waals surface area contributed by atoms with Crippen LogP contribution in [0.3, 0.4) is 0 Å². The normalized spacial score (nSPS) is 29.0. The van der Waals surface area contributed by atoms with E-state index in [1.165, 1.54) is 17.7 Å². The minimum Gasteiger partial charge on any atom is -0.480 e. The van der Waals surface area contributed by atoms with E-state index in [0.717, 1.165) is 25.7 Å². The van der Waals surface area contributed by atoms with Crippen LogP contribution in [-0.2, 0) is 4.79 Å². The van der Waals surface area contributed by atoms with Gasteiger partial charge in [0.1, 0.15) is 6.04 Å². The van der Waals surface area contributed by atoms with E-state index < -0.39 is 18.1 Å². The van der Waals surface area contributed by atoms with Gasteiger partial charge >= 0.3 is 12.0 Å². The molecule has 3 N–H and O–H groups in total. The maximum absolute atomic E-state index is 12.1. The first-order chi connectivity index (χ1) is 9.08. The molecule has 2 rings (SSSR count). The third-order valence-electron chi connectivity index (χ3n) is 4.01. The zero-order valence-electron chi connectivity index (χ0n) is 11.0. The number of amides is 2. The minimum absolute atomic E-state index is 0.107. The zero-order valence-corrected chi connectivity index (χ0v) is 11.0. The maximum atomic E-state index is 12.1. The molecule has 0 radical (unpaired) electrons. The molecule has 0 aromatic rings. The van der Waals surface area contributed by atoms with Crippen molar-refractivity contribution in [1.82, 2.24) is 10.2 Å². The first-order valence-corrected chi connectivity index (χ1v) is 7.06. The number of carbonyl (C=O) groups is 2. The molecule has 2 amide bonds. The molecule has 2 atom stereocenters. The van der Waals surface area contributed by atoms with Crippen molar-refractivity contribution in [2.45, 2.75) is 63.1 Å². The van der Waals surface area contributed by atoms with E-state index in [-0.39, 0.29) is 25.0 Å². The average molecular weight is 270 g/mol. The van der Waals surface area contributed by atoms with Crippen LogP contribution in [0.25, 0.3) is 0 Å². The van der Waals surface area contributed by atoms with E-state index in [9.17, 15) is 14.7 Å². The Hall–Kier alpha value is -1.30. The highest BCUT2D eigenvalue weighted by molar-refractivity contribution is 5.83. The van der Waals surface area contributed by atoms with E-state index in [1.807, 2.05) is 0 Å². The highest BCUT2D eigenvalue weighted by Gasteiger charge is 2.39. The summed E-state index contributed by atoms with van der Waals surface area (Å²) in [5, 5.41) is 21.5. The predicted octanol–water partition coefficient (Wildman–Crippen LogP) is 0.939. The molecule has 1 saturated heterocycles. The van der Waals surface area contributed by atoms with Gasteiger partial charge in [0.25, 0.3) is 0 Å². The molecule has 0 aromatic heterocycles. The summed E-state index contributed by atoms with van der Waals surface area (Å²) in [4.78, 5) is 24.5. The Kier molecular flexibility index (Phi) is 4.63. The molecule has 1 heterocycles. The van der Waals surface area contributed by atoms with Crippen LogP contribution in [-0.4, -0.2) is 51.8 Å². The lowest BCUT2D eigenvalue weighted by Crippen LogP contribution is -2.49. The van der Waals surface area contributed by atoms with Gasteiger partial charge < -0.3 is 20.4 Å². The molecule has 0 spiro atoms. The van der Waals surface area contributed by atoms with Crippen LogP contribution in [0.15, 0.2) is 0 Å². The van der Waals surface area contributed by atoms with E-state index in [4.69, 9.17) is 5.11 Å². The number of nitrogens with zero attached hydrogens (tertiary/aromatic N) is 1. The van der Waals surface area contributed by atoms with Crippen molar-refractivity contribution in [3.8, 4) is 0 Å². The summed E-state index contributed by atoms with van der Waals surface area (Å²) in [7, 11) is 0. The Morgan fingerprint density at radius 3 is 2.32 bits per heavy atom. The number of carbonyl (C=O) groups excluding carboxylic acids is 1. The standard InChI is InChI=1S/C13H22N2O4/c16-10-7-11(12(17)18)15(8-10)13(19)14-9-5-3-1-2-4-6-9/h9-11,16H,1-8H2,(H,14,19)(H,17,18)/t10-,11-/m0/s1. The SMILES string of the molecule is O=C(O)[C@@H]1C[C@H](O)CN1C(=O)NC1CCCCCC1. The minimum atomic E-state index is -1.05. The maximum Gasteiger partial charge on any atom is 0.326 e. The molecule has 1 saturated carbocycles. The lowest BCUT2D eigenvalue weighted by Gasteiger charge is -2.25. The van der Waals surface area contributed by atoms with Crippen LogP contribution in [0.5, 0.6) is 0 Å². The van der Waals surface area contributed by atoms with Crippen molar-refractivity contribution in [2.24, 2.45) is 0 Å². The van der Waals surface area contributed by atoms with Crippen LogP contribution in [0, 0.1) is 0 Å². The third-order valence-corrected chi connectivity index (χ3v) is 4.01. The van der Waals surface area contributed by atoms with Crippen molar-refractivity contribution in [3.63, 3.8) is 0 Å². The largest absolute Gasteiger partial charge is 0.480 e. The second-order valence-electron chi connectivity index (χ2n) is 5.53. The molecule has 2 fully saturated rings. The summed E-state index contributed by atoms with van der Waals surface area (Å²) in [5.74, 6) is -1.05. The van der Waals surface area contributed by atoms with E-state index in [2.05, 4.69) is 5.32 Å². The summed E-state index contributed by atoms with van der Waals surface area (Å²) in [6.45, 7) is 0.107. The number of carboxylic acids is 1. The smallest absolute Gasteiger partial charge is 0.326 e. The Morgan fingerprint density at radius 1 is 1.11 bits per heavy atom. The number of hydrogen-bond donors (Lipinski definition) is 3. The Labute approximate surface area is 112 Å². The third kappa shape index (κ3) is 3.59. The van der Waals surface area contributed by atoms with Gasteiger partial charge in [-0.1, -0.05) is 25.7 Å². The number of rotatable bonds is 2. The van der Waals surface area contributed by atoms with Gasteiger partial charge in [0.15, 0.2) is 0 Å². The summed E-state index contributed by atoms with van der Waals surface area (Å²) in [5.41, 5.74) is 0. The van der Waals surface area contributed by atoms with Crippen LogP contribution in [0.4, 0.5) is 4.79 Å². The molecule has 2 aliphatic rings. The topological polar surface area (TPSA) is 89.9 Å². The van der Waals surface area contributed by atoms with Gasteiger partial charge in [0.2, 0.25) is 0 Å². The molecule has 0 bridgehead atoms. The van der Waals surface area contributed by atoms with Gasteiger partial charge in [0, 0.05) is 19.0 Å². The van der Waals surface area contributed by atoms with E-state index in [1.54, 1.807) is 0 Å². The average Bonchev–Trinajstić information content (AvgIpc) is 2.58. The predicted molar refractivity (Wildman–Crippen MR) is 68.8 cm³/mol. The fraction of sp³-hybridized carbons (Fsp3) is 0.846. The van der Waals surface area contributed by atoms with Crippen LogP contribution in [0.1, 0.15) is 44.9 Å². The Balaban J connectivity index is 1.92. The van der Waals surface area contributed by atoms with Crippen LogP contribution < -0.4 is 5.32 Å². The lowest BCUT2D eigenvalue weighted by molar-refractivity contribution is -0.141. The zero-order chi connectivity index (χ0) is 13.8. The second-order valence-corrected chi connectivity index (χ2v) is 5.53. The molecular formula is C13H22N2O4. The van der Waals surface area contributed by atoms with Crippen molar-refractivity contribution in [3.05, 3.63) is 0 Å². The van der Waals surface area contributed by atoms with Crippen LogP contribution in [0.2, 0.25) is 0 Å². The van der Waals surface area contributed by atoms with Crippen molar-refractivity contribution >= 4 is 12.0 Å². The lowest BCUT2D eigenvalue weighted by atomic mass is 10.1. The molecule has 6 heteroatoms. The Bertz CT molecular complexity index is 340. The monoisotopic (exact) mass is 270 g/mol. The molecule has 0 aromatic carbocycles. The molecule has 19 heavy (non-hydrogen) atoms. The first-order valence-electron chi connectivity index (χ1n) is 7.06. The second kappa shape index (κ2) is 6.23. The van der Waals surface area contributed by atoms with Crippen LogP contribution >= 0.6 is 0 Å². The number of likely N-dealkylation sites (tertiary alicyclic amines) is 1. The van der Waals surface area contributed by atoms with Gasteiger partial charge in [-0.2, -0.15) is 0 Å². The van der Waals surface area contributed by atoms with Gasteiger partial charge in [-0.25, -0.2) is 9.59 Å². The molecule has 1 aliphatic heterocycles. The molecule has 108 valence electrons. The number of hydrogen-bond acceptors (Lipinski definition) is 3. The summed E-state index contributed by atoms with van der Waals surface area (Å²) in [6, 6.07) is -1.11. The summed E-state index contributed by atoms with van der Waals surface area (Å²) < 4.78 is 0. The van der Waals surface area contributed by atoms with E-state index in [0.29, 0.717) is 0 Å². The molecule has 0 unspecified atom stereocenters. The molecule has 6 nitrogen and oxygen atoms in total. The van der Waals surface area contributed by atoms with Crippen molar-refractivity contribution < 1.29 is 19.8 Å². The number of urea groups is 1. The number of β-amino-alcohol motifs (C(OH)–C–C–N with tert-alkyl or cyclic N) is 1. The summed E-state index contributed by atoms with van der Waals surface area (Å²) >= 11 is 0. The van der Waals surface area contributed by atoms with E-state index >= 15 is 0 Å². The number of aliphatic carboxylic acids is 1. The van der Waals surface area contributed by atoms with Crippen molar-refractivity contribution in [1.29, 1.82) is 0 Å². The first kappa shape index (κ1) is 14.1. The highest BCUT2D eigenvalue weighted by atomic mass is 16.4. The molecular weight excluding hydrogens is 248 g/mol. The Morgan fingerprint density at radius 2 is 1.74 bits per heavy atom. The quantitative estimate of drug-likeness (QED) is 0.651.